The average molecular weight is 1610 g/mol. The summed E-state index contributed by atoms with van der Waals surface area (Å²) in [5, 5.41) is 31.4. The molecule has 27 heteroatoms. The van der Waals surface area contributed by atoms with Crippen LogP contribution in [0.1, 0.15) is 163 Å². The number of nitriles is 1. The van der Waals surface area contributed by atoms with Gasteiger partial charge in [0, 0.05) is 117 Å². The predicted octanol–water partition coefficient (Wildman–Crippen LogP) is 15.7. The van der Waals surface area contributed by atoms with Gasteiger partial charge >= 0.3 is 5.97 Å². The number of ketones is 1. The molecule has 2 amide bonds. The van der Waals surface area contributed by atoms with Crippen molar-refractivity contribution in [1.29, 1.82) is 5.26 Å². The highest BCUT2D eigenvalue weighted by Gasteiger charge is 2.47. The van der Waals surface area contributed by atoms with Gasteiger partial charge in [0.05, 0.1) is 72.6 Å². The zero-order chi connectivity index (χ0) is 81.2. The van der Waals surface area contributed by atoms with Crippen LogP contribution < -0.4 is 33.9 Å². The van der Waals surface area contributed by atoms with E-state index in [9.17, 15) is 27.6 Å². The van der Waals surface area contributed by atoms with Crippen molar-refractivity contribution in [3.63, 3.8) is 0 Å². The van der Waals surface area contributed by atoms with Gasteiger partial charge in [-0.3, -0.25) is 23.7 Å². The maximum Gasteiger partial charge on any atom is 0.342 e. The van der Waals surface area contributed by atoms with Crippen LogP contribution in [0, 0.1) is 46.8 Å². The largest absolute Gasteiger partial charge is 0.490 e. The fourth-order valence-corrected chi connectivity index (χ4v) is 20.7. The van der Waals surface area contributed by atoms with Crippen molar-refractivity contribution in [2.24, 2.45) is 63.5 Å². The molecule has 1 unspecified atom stereocenters. The Morgan fingerprint density at radius 3 is 1.53 bits per heavy atom. The number of benzene rings is 4. The molecule has 12 atom stereocenters. The Kier molecular flexibility index (Phi) is 30.8. The molecule has 6 aliphatic rings. The molecule has 4 aliphatic carbocycles. The number of Topliss-reactive ketones (excluding diaryl/α,β-unsaturated/α-hetero) is 1. The number of amides is 2. The Balaban J connectivity index is 0.000000222. The Morgan fingerprint density at radius 1 is 0.688 bits per heavy atom. The molecular weight excluding hydrogens is 1500 g/mol. The van der Waals surface area contributed by atoms with E-state index >= 15 is 0 Å². The van der Waals surface area contributed by atoms with Crippen LogP contribution in [0.3, 0.4) is 0 Å². The van der Waals surface area contributed by atoms with Crippen LogP contribution >= 0.6 is 23.2 Å². The van der Waals surface area contributed by atoms with Crippen LogP contribution in [-0.2, 0) is 66.9 Å². The third-order valence-corrected chi connectivity index (χ3v) is 26.5. The first-order chi connectivity index (χ1) is 53.5. The van der Waals surface area contributed by atoms with Crippen molar-refractivity contribution in [3.05, 3.63) is 189 Å². The molecule has 12 rings (SSSR count). The minimum atomic E-state index is -3.35. The lowest BCUT2D eigenvalue weighted by Crippen LogP contribution is -2.49. The highest BCUT2D eigenvalue weighted by Crippen LogP contribution is 2.50. The summed E-state index contributed by atoms with van der Waals surface area (Å²) < 4.78 is 74.0. The van der Waals surface area contributed by atoms with E-state index in [-0.39, 0.29) is 69.3 Å². The number of carbonyl (C=O) groups excluding carboxylic acids is 3. The van der Waals surface area contributed by atoms with E-state index in [0.29, 0.717) is 66.7 Å². The number of carbonyl (C=O) groups is 4. The van der Waals surface area contributed by atoms with Crippen LogP contribution in [-0.4, -0.2) is 154 Å². The first-order valence-corrected chi connectivity index (χ1v) is 42.6. The van der Waals surface area contributed by atoms with E-state index < -0.39 is 49.0 Å². The number of aryl methyl sites for hydroxylation is 4. The highest BCUT2D eigenvalue weighted by atomic mass is 35.5. The van der Waals surface area contributed by atoms with E-state index in [1.807, 2.05) is 101 Å². The van der Waals surface area contributed by atoms with Crippen LogP contribution in [0.5, 0.6) is 23.3 Å². The Morgan fingerprint density at radius 2 is 1.12 bits per heavy atom. The maximum atomic E-state index is 14.7. The van der Waals surface area contributed by atoms with Gasteiger partial charge in [0.1, 0.15) is 32.5 Å². The molecule has 112 heavy (non-hydrogen) atoms. The number of allylic oxidation sites excluding steroid dienone is 4. The van der Waals surface area contributed by atoms with Crippen LogP contribution in [0.25, 0.3) is 0 Å². The van der Waals surface area contributed by atoms with Gasteiger partial charge in [0.25, 0.3) is 11.8 Å². The van der Waals surface area contributed by atoms with E-state index in [4.69, 9.17) is 67.1 Å². The number of methoxy groups -OCH3 is 4. The Bertz CT molecular complexity index is 4740. The summed E-state index contributed by atoms with van der Waals surface area (Å²) in [5.41, 5.74) is 7.16. The van der Waals surface area contributed by atoms with Crippen molar-refractivity contribution in [1.82, 2.24) is 19.6 Å². The van der Waals surface area contributed by atoms with Gasteiger partial charge in [-0.2, -0.15) is 9.62 Å². The molecule has 2 fully saturated rings. The molecular formula is C85H110Cl2N10O13S2. The quantitative estimate of drug-likeness (QED) is 0.0377. The topological polar surface area (TPSA) is 295 Å². The fraction of sp³-hybridized carbons (Fsp3) is 0.494. The summed E-state index contributed by atoms with van der Waals surface area (Å²) in [6.45, 7) is 21.2. The van der Waals surface area contributed by atoms with Gasteiger partial charge in [-0.15, -0.1) is 27.7 Å². The number of hydrogen-bond donors (Lipinski definition) is 2. The van der Waals surface area contributed by atoms with Crippen molar-refractivity contribution in [2.75, 3.05) is 94.9 Å². The second kappa shape index (κ2) is 39.4. The molecule has 0 radical (unpaired) electrons. The number of hydrogen-bond acceptors (Lipinski definition) is 17. The summed E-state index contributed by atoms with van der Waals surface area (Å²) >= 11 is 12.9. The van der Waals surface area contributed by atoms with E-state index in [1.165, 1.54) is 65.2 Å². The number of fused-ring (bicyclic) bond motifs is 6. The summed E-state index contributed by atoms with van der Waals surface area (Å²) in [6, 6.07) is 25.0. The SMILES string of the molecule is C=C[C@H](OC)[C@@H]1CC[C@H]1CN1C[C@@]2(CCCc3cc(Cl)ccc32)COc2ccc(C(=O)N=S(N)(=O)C[C@@H](C)C/C=C\C)cc21.C=C[C@H](OC)[C@@H]1CC[C@H]1CN1C[C@@]2(CCCc3cc(Cl)ccc32)COc2ccc(C(=O)N=[S@](=O)(CC(=O)c3cn(C)nc3OC)C[C@@H](C)C/C=C\C)cc21.CC#N.COc1nn(C)cc1C(=O)O. The molecule has 4 aromatic carbocycles. The summed E-state index contributed by atoms with van der Waals surface area (Å²) in [6.07, 6.45) is 26.2. The molecule has 23 nitrogen and oxygen atoms in total. The lowest BCUT2D eigenvalue weighted by molar-refractivity contribution is 0.0135. The van der Waals surface area contributed by atoms with Crippen molar-refractivity contribution < 1.29 is 61.1 Å². The standard InChI is InChI=1S/C42H53ClN4O6S.C35H46ClN3O4S.C6H8N2O3.C2H3N/c1-7-9-11-28(3)24-54(50,25-37(48)34-23-46(4)44-41(34)52-6)45-40(49)30-14-18-39-36(21-30)47(22-31-13-16-33(31)38(8-2)51-5)26-42(27-53-39)19-10-12-29-20-32(43)15-17-35(29)42;1-5-7-9-24(3)21-44(37,41)38-34(40)26-12-16-33-31(19-26)39(20-27-11-14-29(27)32(6-2)42-4)22-35(23-43-33)17-8-10-25-18-28(36)13-15-30(25)35;1-8-3-4(6(9)10)5(7-8)11-2;1-2-3/h7-9,14-15,17-18,20-21,23,28,31,33,38H,2,10-13,16,19,22,24-27H2,1,3-6H3;5-7,12-13,15-16,18-19,24,27,29,32H,2,8-11,14,17,20-23H2,1,3-4H3,(H2,37,38,40,41);3H,1-2H3,(H,9,10);1H3/b9-7-;7-5-;;/t28-,31-,33+,38-,42-,54+;24-,27-,29+,32-,35-,44?;;/m00../s1. The van der Waals surface area contributed by atoms with Crippen molar-refractivity contribution in [2.45, 2.75) is 135 Å². The third kappa shape index (κ3) is 21.4. The number of ether oxygens (including phenoxy) is 6. The number of carboxylic acid groups (broad SMARTS) is 1. The third-order valence-electron chi connectivity index (χ3n) is 22.3. The molecule has 2 aliphatic heterocycles. The first kappa shape index (κ1) is 87.4. The zero-order valence-corrected chi connectivity index (χ0v) is 69.6. The number of halogens is 2. The molecule has 0 saturated heterocycles. The molecule has 3 N–H and O–H groups in total. The smallest absolute Gasteiger partial charge is 0.342 e. The molecule has 2 aromatic heterocycles. The van der Waals surface area contributed by atoms with Gasteiger partial charge in [-0.05, 0) is 209 Å². The van der Waals surface area contributed by atoms with Crippen LogP contribution in [0.4, 0.5) is 11.4 Å². The van der Waals surface area contributed by atoms with Crippen LogP contribution in [0.15, 0.2) is 144 Å². The van der Waals surface area contributed by atoms with Gasteiger partial charge in [-0.1, -0.05) is 85.6 Å². The predicted molar refractivity (Wildman–Crippen MR) is 443 cm³/mol. The van der Waals surface area contributed by atoms with Crippen molar-refractivity contribution >= 4 is 77.8 Å². The highest BCUT2D eigenvalue weighted by molar-refractivity contribution is 7.94. The second-order valence-corrected chi connectivity index (χ2v) is 35.5. The number of nitrogens with zero attached hydrogens (tertiary/aromatic N) is 9. The Labute approximate surface area is 671 Å². The molecule has 2 saturated carbocycles. The zero-order valence-electron chi connectivity index (χ0n) is 66.5. The molecule has 0 bridgehead atoms. The number of aromatic carboxylic acids is 1. The monoisotopic (exact) mass is 1610 g/mol. The van der Waals surface area contributed by atoms with Gasteiger partial charge < -0.3 is 43.3 Å². The molecule has 2 spiro atoms. The number of rotatable bonds is 26. The first-order valence-electron chi connectivity index (χ1n) is 38.3. The van der Waals surface area contributed by atoms with Gasteiger partial charge in [0.2, 0.25) is 11.8 Å². The molecule has 4 heterocycles. The Hall–Kier alpha value is -8.61. The number of carboxylic acids is 1. The minimum Gasteiger partial charge on any atom is -0.490 e. The van der Waals surface area contributed by atoms with E-state index in [1.54, 1.807) is 46.5 Å². The lowest BCUT2D eigenvalue weighted by Gasteiger charge is -2.46. The summed E-state index contributed by atoms with van der Waals surface area (Å²) in [4.78, 5) is 56.4. The maximum absolute atomic E-state index is 14.7. The summed E-state index contributed by atoms with van der Waals surface area (Å²) in [5.74, 6) is 0.256. The molecule has 604 valence electrons. The lowest BCUT2D eigenvalue weighted by atomic mass is 9.68. The second-order valence-electron chi connectivity index (χ2n) is 30.4. The summed E-state index contributed by atoms with van der Waals surface area (Å²) in [7, 11) is 3.08. The molecule has 6 aromatic rings. The fourth-order valence-electron chi connectivity index (χ4n) is 16.6. The van der Waals surface area contributed by atoms with Gasteiger partial charge in [0.15, 0.2) is 5.78 Å². The van der Waals surface area contributed by atoms with E-state index in [2.05, 4.69) is 66.1 Å². The van der Waals surface area contributed by atoms with Gasteiger partial charge in [-0.25, -0.2) is 18.4 Å². The normalized spacial score (nSPS) is 22.1. The average Bonchev–Trinajstić information content (AvgIpc) is 1.54. The minimum absolute atomic E-state index is 0.00239. The number of aromatic nitrogens is 4. The van der Waals surface area contributed by atoms with Crippen molar-refractivity contribution in [3.8, 4) is 29.3 Å². The van der Waals surface area contributed by atoms with E-state index in [0.717, 1.165) is 117 Å². The van der Waals surface area contributed by atoms with Crippen LogP contribution in [0.2, 0.25) is 10.0 Å². The number of nitrogens with two attached hydrogens (primary N) is 1. The number of anilines is 2.